The Morgan fingerprint density at radius 3 is 2.77 bits per heavy atom. The number of imidazole rings is 1. The van der Waals surface area contributed by atoms with Gasteiger partial charge in [-0.15, -0.1) is 0 Å². The molecule has 6 nitrogen and oxygen atoms in total. The number of nitrogens with one attached hydrogen (secondary N) is 1. The molecule has 0 spiro atoms. The number of carbonyl (C=O) groups excluding carboxylic acids is 2. The number of rotatable bonds is 10. The fraction of sp³-hybridized carbons (Fsp3) is 0.318. The summed E-state index contributed by atoms with van der Waals surface area (Å²) in [6.07, 6.45) is 1.89. The minimum atomic E-state index is -0.456. The van der Waals surface area contributed by atoms with Gasteiger partial charge in [0.2, 0.25) is 0 Å². The van der Waals surface area contributed by atoms with Crippen molar-refractivity contribution in [3.8, 4) is 0 Å². The molecule has 0 saturated carbocycles. The van der Waals surface area contributed by atoms with Crippen LogP contribution in [0.4, 0.5) is 0 Å². The Bertz CT molecular complexity index is 1010. The third-order valence-corrected chi connectivity index (χ3v) is 5.58. The van der Waals surface area contributed by atoms with Crippen molar-refractivity contribution in [1.29, 1.82) is 0 Å². The van der Waals surface area contributed by atoms with E-state index in [9.17, 15) is 9.59 Å². The van der Waals surface area contributed by atoms with E-state index in [0.29, 0.717) is 23.3 Å². The van der Waals surface area contributed by atoms with Crippen molar-refractivity contribution in [3.63, 3.8) is 0 Å². The first-order chi connectivity index (χ1) is 14.6. The Hall–Kier alpha value is -2.51. The molecule has 0 bridgehead atoms. The van der Waals surface area contributed by atoms with Gasteiger partial charge in [0.1, 0.15) is 0 Å². The van der Waals surface area contributed by atoms with E-state index >= 15 is 0 Å². The van der Waals surface area contributed by atoms with Gasteiger partial charge in [-0.05, 0) is 30.2 Å². The molecule has 3 rings (SSSR count). The Morgan fingerprint density at radius 2 is 2.00 bits per heavy atom. The van der Waals surface area contributed by atoms with E-state index < -0.39 is 5.97 Å². The van der Waals surface area contributed by atoms with E-state index in [1.165, 1.54) is 11.8 Å². The number of hydrogen-bond donors (Lipinski definition) is 1. The number of esters is 1. The number of carbonyl (C=O) groups is 2. The molecule has 3 aromatic rings. The van der Waals surface area contributed by atoms with Gasteiger partial charge in [-0.25, -0.2) is 4.98 Å². The highest BCUT2D eigenvalue weighted by molar-refractivity contribution is 7.99. The third-order valence-electron chi connectivity index (χ3n) is 4.39. The summed E-state index contributed by atoms with van der Waals surface area (Å²) in [5, 5.41) is 4.02. The smallest absolute Gasteiger partial charge is 0.316 e. The van der Waals surface area contributed by atoms with Crippen LogP contribution >= 0.6 is 23.4 Å². The van der Waals surface area contributed by atoms with Crippen molar-refractivity contribution in [2.45, 2.75) is 31.5 Å². The first kappa shape index (κ1) is 22.2. The molecule has 1 amide bonds. The number of amides is 1. The van der Waals surface area contributed by atoms with Crippen LogP contribution in [0, 0.1) is 0 Å². The van der Waals surface area contributed by atoms with Gasteiger partial charge >= 0.3 is 5.97 Å². The number of ether oxygens (including phenoxy) is 1. The second kappa shape index (κ2) is 11.0. The highest BCUT2D eigenvalue weighted by Crippen LogP contribution is 2.27. The van der Waals surface area contributed by atoms with Gasteiger partial charge < -0.3 is 14.6 Å². The van der Waals surface area contributed by atoms with Crippen molar-refractivity contribution in [3.05, 3.63) is 59.1 Å². The lowest BCUT2D eigenvalue weighted by Gasteiger charge is -2.09. The van der Waals surface area contributed by atoms with Gasteiger partial charge in [-0.1, -0.05) is 67.0 Å². The highest BCUT2D eigenvalue weighted by Gasteiger charge is 2.15. The molecule has 30 heavy (non-hydrogen) atoms. The van der Waals surface area contributed by atoms with E-state index in [2.05, 4.69) is 14.9 Å². The predicted octanol–water partition coefficient (Wildman–Crippen LogP) is 4.29. The van der Waals surface area contributed by atoms with Crippen LogP contribution in [0.3, 0.4) is 0 Å². The molecule has 2 aromatic carbocycles. The van der Waals surface area contributed by atoms with E-state index in [-0.39, 0.29) is 18.3 Å². The van der Waals surface area contributed by atoms with Crippen molar-refractivity contribution >= 4 is 46.3 Å². The van der Waals surface area contributed by atoms with E-state index in [0.717, 1.165) is 29.4 Å². The summed E-state index contributed by atoms with van der Waals surface area (Å²) in [6, 6.07) is 15.6. The van der Waals surface area contributed by atoms with Gasteiger partial charge in [0.05, 0.1) is 23.3 Å². The molecule has 1 aromatic heterocycles. The number of hydrogen-bond acceptors (Lipinski definition) is 5. The average Bonchev–Trinajstić information content (AvgIpc) is 3.08. The van der Waals surface area contributed by atoms with Crippen molar-refractivity contribution in [1.82, 2.24) is 14.9 Å². The standard InChI is InChI=1S/C22H24ClN3O3S/c1-2-3-11-24-20(27)14-29-21(28)15-30-22-25-18-12-17(23)9-10-19(18)26(22)13-16-7-5-4-6-8-16/h4-10,12H,2-3,11,13-15H2,1H3,(H,24,27). The van der Waals surface area contributed by atoms with Crippen LogP contribution in [0.1, 0.15) is 25.3 Å². The van der Waals surface area contributed by atoms with Crippen molar-refractivity contribution < 1.29 is 14.3 Å². The molecule has 0 radical (unpaired) electrons. The average molecular weight is 446 g/mol. The van der Waals surface area contributed by atoms with Crippen LogP contribution in [-0.4, -0.2) is 40.3 Å². The van der Waals surface area contributed by atoms with E-state index in [1.54, 1.807) is 6.07 Å². The third kappa shape index (κ3) is 6.24. The Kier molecular flexibility index (Phi) is 8.16. The quantitative estimate of drug-likeness (QED) is 0.286. The number of halogens is 1. The molecule has 0 fully saturated rings. The maximum Gasteiger partial charge on any atom is 0.316 e. The summed E-state index contributed by atoms with van der Waals surface area (Å²) in [4.78, 5) is 28.4. The minimum absolute atomic E-state index is 0.0636. The zero-order chi connectivity index (χ0) is 21.3. The monoisotopic (exact) mass is 445 g/mol. The van der Waals surface area contributed by atoms with Crippen LogP contribution in [-0.2, 0) is 20.9 Å². The summed E-state index contributed by atoms with van der Waals surface area (Å²) in [6.45, 7) is 2.99. The van der Waals surface area contributed by atoms with Crippen LogP contribution in [0.5, 0.6) is 0 Å². The zero-order valence-electron chi connectivity index (χ0n) is 16.8. The first-order valence-corrected chi connectivity index (χ1v) is 11.2. The summed E-state index contributed by atoms with van der Waals surface area (Å²) in [5.41, 5.74) is 2.83. The fourth-order valence-corrected chi connectivity index (χ4v) is 3.85. The van der Waals surface area contributed by atoms with Crippen LogP contribution in [0.2, 0.25) is 5.02 Å². The van der Waals surface area contributed by atoms with Crippen LogP contribution < -0.4 is 5.32 Å². The van der Waals surface area contributed by atoms with Gasteiger partial charge in [-0.2, -0.15) is 0 Å². The molecular formula is C22H24ClN3O3S. The number of thioether (sulfide) groups is 1. The van der Waals surface area contributed by atoms with Crippen LogP contribution in [0.25, 0.3) is 11.0 Å². The molecule has 1 N–H and O–H groups in total. The molecule has 1 heterocycles. The number of benzene rings is 2. The molecule has 158 valence electrons. The fourth-order valence-electron chi connectivity index (χ4n) is 2.88. The molecule has 0 aliphatic heterocycles. The van der Waals surface area contributed by atoms with Crippen molar-refractivity contribution in [2.75, 3.05) is 18.9 Å². The highest BCUT2D eigenvalue weighted by atomic mass is 35.5. The normalized spacial score (nSPS) is 10.9. The summed E-state index contributed by atoms with van der Waals surface area (Å²) >= 11 is 7.40. The van der Waals surface area contributed by atoms with E-state index in [4.69, 9.17) is 16.3 Å². The van der Waals surface area contributed by atoms with Gasteiger partial charge in [0, 0.05) is 11.6 Å². The molecule has 0 saturated heterocycles. The number of fused-ring (bicyclic) bond motifs is 1. The summed E-state index contributed by atoms with van der Waals surface area (Å²) < 4.78 is 7.13. The SMILES string of the molecule is CCCCNC(=O)COC(=O)CSc1nc2cc(Cl)ccc2n1Cc1ccccc1. The first-order valence-electron chi connectivity index (χ1n) is 9.81. The molecule has 0 aliphatic rings. The lowest BCUT2D eigenvalue weighted by atomic mass is 10.2. The number of aromatic nitrogens is 2. The zero-order valence-corrected chi connectivity index (χ0v) is 18.3. The number of unbranched alkanes of at least 4 members (excludes halogenated alkanes) is 1. The number of nitrogens with zero attached hydrogens (tertiary/aromatic N) is 2. The molecule has 0 atom stereocenters. The topological polar surface area (TPSA) is 73.2 Å². The molecular weight excluding hydrogens is 422 g/mol. The Labute approximate surface area is 185 Å². The summed E-state index contributed by atoms with van der Waals surface area (Å²) in [7, 11) is 0. The van der Waals surface area contributed by atoms with E-state index in [1.807, 2.05) is 49.4 Å². The maximum atomic E-state index is 12.1. The minimum Gasteiger partial charge on any atom is -0.455 e. The largest absolute Gasteiger partial charge is 0.455 e. The lowest BCUT2D eigenvalue weighted by molar-refractivity contribution is -0.145. The molecule has 0 unspecified atom stereocenters. The second-order valence-corrected chi connectivity index (χ2v) is 8.13. The van der Waals surface area contributed by atoms with Crippen molar-refractivity contribution in [2.24, 2.45) is 0 Å². The maximum absolute atomic E-state index is 12.1. The molecule has 8 heteroatoms. The second-order valence-electron chi connectivity index (χ2n) is 6.75. The van der Waals surface area contributed by atoms with Crippen LogP contribution in [0.15, 0.2) is 53.7 Å². The summed E-state index contributed by atoms with van der Waals surface area (Å²) in [5.74, 6) is -0.677. The molecule has 0 aliphatic carbocycles. The van der Waals surface area contributed by atoms with Gasteiger partial charge in [0.25, 0.3) is 5.91 Å². The van der Waals surface area contributed by atoms with Gasteiger partial charge in [-0.3, -0.25) is 9.59 Å². The predicted molar refractivity (Wildman–Crippen MR) is 120 cm³/mol. The Balaban J connectivity index is 1.65. The Morgan fingerprint density at radius 1 is 1.20 bits per heavy atom. The lowest BCUT2D eigenvalue weighted by Crippen LogP contribution is -2.29. The van der Waals surface area contributed by atoms with Gasteiger partial charge in [0.15, 0.2) is 11.8 Å².